The molecule has 144 valence electrons. The summed E-state index contributed by atoms with van der Waals surface area (Å²) in [6.07, 6.45) is 0. The Hall–Kier alpha value is -3.93. The van der Waals surface area contributed by atoms with Crippen LogP contribution >= 0.6 is 0 Å². The van der Waals surface area contributed by atoms with E-state index < -0.39 is 11.3 Å². The van der Waals surface area contributed by atoms with E-state index in [9.17, 15) is 9.59 Å². The van der Waals surface area contributed by atoms with Gasteiger partial charge < -0.3 is 10.1 Å². The topological polar surface area (TPSA) is 73.2 Å². The van der Waals surface area contributed by atoms with Gasteiger partial charge in [-0.05, 0) is 43.3 Å². The van der Waals surface area contributed by atoms with Crippen molar-refractivity contribution in [3.63, 3.8) is 0 Å². The molecule has 0 bridgehead atoms. The first-order chi connectivity index (χ1) is 14.2. The number of carbonyl (C=O) groups is 1. The Morgan fingerprint density at radius 1 is 0.966 bits per heavy atom. The SMILES string of the molecule is CCOc1ccccc1NC(=O)c1nn(-c2ccccc2)c2ccccc2c1=O. The van der Waals surface area contributed by atoms with Crippen molar-refractivity contribution in [3.8, 4) is 11.4 Å². The molecular formula is C23H19N3O3. The van der Waals surface area contributed by atoms with Gasteiger partial charge in [0.15, 0.2) is 5.69 Å². The molecule has 6 heteroatoms. The lowest BCUT2D eigenvalue weighted by atomic mass is 10.2. The maximum absolute atomic E-state index is 13.0. The number of nitrogens with one attached hydrogen (secondary N) is 1. The van der Waals surface area contributed by atoms with Crippen molar-refractivity contribution >= 4 is 22.5 Å². The van der Waals surface area contributed by atoms with Crippen molar-refractivity contribution in [1.29, 1.82) is 0 Å². The van der Waals surface area contributed by atoms with Gasteiger partial charge in [-0.1, -0.05) is 42.5 Å². The molecule has 0 aliphatic carbocycles. The maximum atomic E-state index is 13.0. The predicted molar refractivity (Wildman–Crippen MR) is 113 cm³/mol. The van der Waals surface area contributed by atoms with Gasteiger partial charge in [0.05, 0.1) is 28.9 Å². The average Bonchev–Trinajstić information content (AvgIpc) is 2.76. The van der Waals surface area contributed by atoms with Crippen LogP contribution in [0, 0.1) is 0 Å². The van der Waals surface area contributed by atoms with Crippen molar-refractivity contribution in [2.45, 2.75) is 6.92 Å². The molecule has 0 fully saturated rings. The first-order valence-electron chi connectivity index (χ1n) is 9.29. The molecule has 1 amide bonds. The van der Waals surface area contributed by atoms with Crippen molar-refractivity contribution in [2.24, 2.45) is 0 Å². The summed E-state index contributed by atoms with van der Waals surface area (Å²) >= 11 is 0. The van der Waals surface area contributed by atoms with Crippen molar-refractivity contribution < 1.29 is 9.53 Å². The summed E-state index contributed by atoms with van der Waals surface area (Å²) < 4.78 is 7.16. The summed E-state index contributed by atoms with van der Waals surface area (Å²) in [5.41, 5.74) is 1.28. The van der Waals surface area contributed by atoms with E-state index in [4.69, 9.17) is 4.74 Å². The number of rotatable bonds is 5. The predicted octanol–water partition coefficient (Wildman–Crippen LogP) is 4.04. The largest absolute Gasteiger partial charge is 0.492 e. The number of nitrogens with zero attached hydrogens (tertiary/aromatic N) is 2. The minimum absolute atomic E-state index is 0.182. The Bertz CT molecular complexity index is 1230. The highest BCUT2D eigenvalue weighted by Crippen LogP contribution is 2.24. The standard InChI is InChI=1S/C23H19N3O3/c1-2-29-20-15-9-7-13-18(20)24-23(28)21-22(27)17-12-6-8-14-19(17)26(25-21)16-10-4-3-5-11-16/h3-15H,2H2,1H3,(H,24,28). The number of carbonyl (C=O) groups excluding carboxylic acids is 1. The van der Waals surface area contributed by atoms with Gasteiger partial charge >= 0.3 is 0 Å². The van der Waals surface area contributed by atoms with Crippen LogP contribution < -0.4 is 15.5 Å². The number of anilines is 1. The molecule has 1 heterocycles. The monoisotopic (exact) mass is 385 g/mol. The number of aromatic nitrogens is 2. The minimum atomic E-state index is -0.586. The molecule has 0 aliphatic heterocycles. The van der Waals surface area contributed by atoms with Gasteiger partial charge in [-0.25, -0.2) is 4.68 Å². The summed E-state index contributed by atoms with van der Waals surface area (Å²) in [5.74, 6) is -0.0508. The number of hydrogen-bond acceptors (Lipinski definition) is 4. The molecule has 1 aromatic heterocycles. The fourth-order valence-corrected chi connectivity index (χ4v) is 3.12. The third kappa shape index (κ3) is 3.60. The van der Waals surface area contributed by atoms with E-state index in [1.54, 1.807) is 35.0 Å². The van der Waals surface area contributed by atoms with Gasteiger partial charge in [0.2, 0.25) is 5.43 Å². The molecule has 4 aromatic rings. The number of para-hydroxylation sites is 4. The Balaban J connectivity index is 1.83. The summed E-state index contributed by atoms with van der Waals surface area (Å²) in [7, 11) is 0. The number of fused-ring (bicyclic) bond motifs is 1. The van der Waals surface area contributed by atoms with Crippen LogP contribution in [-0.4, -0.2) is 22.3 Å². The van der Waals surface area contributed by atoms with Gasteiger partial charge in [-0.3, -0.25) is 9.59 Å². The Kier molecular flexibility index (Phi) is 5.07. The fraction of sp³-hybridized carbons (Fsp3) is 0.0870. The molecule has 0 aliphatic rings. The van der Waals surface area contributed by atoms with Crippen LogP contribution in [0.3, 0.4) is 0 Å². The van der Waals surface area contributed by atoms with Gasteiger partial charge in [0.25, 0.3) is 5.91 Å². The van der Waals surface area contributed by atoms with Crippen LogP contribution in [-0.2, 0) is 0 Å². The third-order valence-corrected chi connectivity index (χ3v) is 4.44. The summed E-state index contributed by atoms with van der Waals surface area (Å²) in [6, 6.07) is 23.6. The van der Waals surface area contributed by atoms with Crippen molar-refractivity contribution in [1.82, 2.24) is 9.78 Å². The number of ether oxygens (including phenoxy) is 1. The summed E-state index contributed by atoms with van der Waals surface area (Å²) in [5, 5.41) is 7.58. The van der Waals surface area contributed by atoms with E-state index in [0.29, 0.717) is 28.9 Å². The lowest BCUT2D eigenvalue weighted by Gasteiger charge is -2.13. The lowest BCUT2D eigenvalue weighted by Crippen LogP contribution is -2.27. The molecule has 4 rings (SSSR count). The Labute approximate surface area is 167 Å². The first-order valence-corrected chi connectivity index (χ1v) is 9.29. The van der Waals surface area contributed by atoms with Crippen LogP contribution in [0.2, 0.25) is 0 Å². The quantitative estimate of drug-likeness (QED) is 0.563. The molecule has 0 radical (unpaired) electrons. The second-order valence-electron chi connectivity index (χ2n) is 6.33. The van der Waals surface area contributed by atoms with Gasteiger partial charge in [-0.2, -0.15) is 5.10 Å². The second kappa shape index (κ2) is 7.98. The van der Waals surface area contributed by atoms with Gasteiger partial charge in [0, 0.05) is 0 Å². The molecule has 0 spiro atoms. The van der Waals surface area contributed by atoms with Gasteiger partial charge in [-0.15, -0.1) is 0 Å². The van der Waals surface area contributed by atoms with Gasteiger partial charge in [0.1, 0.15) is 5.75 Å². The van der Waals surface area contributed by atoms with Crippen LogP contribution in [0.4, 0.5) is 5.69 Å². The fourth-order valence-electron chi connectivity index (χ4n) is 3.12. The van der Waals surface area contributed by atoms with Crippen LogP contribution in [0.25, 0.3) is 16.6 Å². The zero-order chi connectivity index (χ0) is 20.2. The van der Waals surface area contributed by atoms with Crippen LogP contribution in [0.1, 0.15) is 17.4 Å². The molecule has 0 saturated heterocycles. The third-order valence-electron chi connectivity index (χ3n) is 4.44. The Morgan fingerprint density at radius 2 is 1.66 bits per heavy atom. The molecule has 0 saturated carbocycles. The minimum Gasteiger partial charge on any atom is -0.492 e. The average molecular weight is 385 g/mol. The molecule has 0 atom stereocenters. The lowest BCUT2D eigenvalue weighted by molar-refractivity contribution is 0.101. The van der Waals surface area contributed by atoms with Crippen molar-refractivity contribution in [2.75, 3.05) is 11.9 Å². The molecule has 29 heavy (non-hydrogen) atoms. The molecular weight excluding hydrogens is 366 g/mol. The van der Waals surface area contributed by atoms with Crippen LogP contribution in [0.5, 0.6) is 5.75 Å². The van der Waals surface area contributed by atoms with E-state index in [-0.39, 0.29) is 5.69 Å². The smallest absolute Gasteiger partial charge is 0.280 e. The number of hydrogen-bond donors (Lipinski definition) is 1. The number of amides is 1. The zero-order valence-electron chi connectivity index (χ0n) is 15.8. The summed E-state index contributed by atoms with van der Waals surface area (Å²) in [6.45, 7) is 2.32. The van der Waals surface area contributed by atoms with E-state index in [1.165, 1.54) is 0 Å². The van der Waals surface area contributed by atoms with Crippen LogP contribution in [0.15, 0.2) is 83.7 Å². The maximum Gasteiger partial charge on any atom is 0.280 e. The highest BCUT2D eigenvalue weighted by molar-refractivity contribution is 6.05. The Morgan fingerprint density at radius 3 is 2.45 bits per heavy atom. The van der Waals surface area contributed by atoms with E-state index in [1.807, 2.05) is 55.5 Å². The molecule has 0 unspecified atom stereocenters. The summed E-state index contributed by atoms with van der Waals surface area (Å²) in [4.78, 5) is 26.0. The second-order valence-corrected chi connectivity index (χ2v) is 6.33. The highest BCUT2D eigenvalue weighted by atomic mass is 16.5. The highest BCUT2D eigenvalue weighted by Gasteiger charge is 2.19. The normalized spacial score (nSPS) is 10.7. The van der Waals surface area contributed by atoms with Crippen molar-refractivity contribution in [3.05, 3.63) is 94.8 Å². The molecule has 1 N–H and O–H groups in total. The van der Waals surface area contributed by atoms with E-state index >= 15 is 0 Å². The number of benzene rings is 3. The molecule has 3 aromatic carbocycles. The van der Waals surface area contributed by atoms with E-state index in [0.717, 1.165) is 5.69 Å². The first kappa shape index (κ1) is 18.4. The van der Waals surface area contributed by atoms with E-state index in [2.05, 4.69) is 10.4 Å². The molecule has 6 nitrogen and oxygen atoms in total. The zero-order valence-corrected chi connectivity index (χ0v) is 15.8.